The molecule has 1 aromatic carbocycles. The molecular formula is C24H34N2O3. The topological polar surface area (TPSA) is 56.9 Å². The van der Waals surface area contributed by atoms with Gasteiger partial charge in [0, 0.05) is 26.2 Å². The van der Waals surface area contributed by atoms with Gasteiger partial charge in [0.05, 0.1) is 10.9 Å². The van der Waals surface area contributed by atoms with Crippen LogP contribution in [-0.4, -0.2) is 47.6 Å². The third-order valence-electron chi connectivity index (χ3n) is 6.57. The summed E-state index contributed by atoms with van der Waals surface area (Å²) >= 11 is 0. The minimum absolute atomic E-state index is 0.236. The lowest BCUT2D eigenvalue weighted by molar-refractivity contribution is 0.172. The highest BCUT2D eigenvalue weighted by Crippen LogP contribution is 2.33. The van der Waals surface area contributed by atoms with Crippen LogP contribution in [0.4, 0.5) is 0 Å². The van der Waals surface area contributed by atoms with Gasteiger partial charge < -0.3 is 14.4 Å². The minimum Gasteiger partial charge on any atom is -0.507 e. The lowest BCUT2D eigenvalue weighted by Gasteiger charge is -2.32. The number of hydrogen-bond donors (Lipinski definition) is 1. The predicted octanol–water partition coefficient (Wildman–Crippen LogP) is 4.08. The summed E-state index contributed by atoms with van der Waals surface area (Å²) in [4.78, 5) is 17.6. The second-order valence-corrected chi connectivity index (χ2v) is 8.72. The van der Waals surface area contributed by atoms with Crippen LogP contribution in [0.3, 0.4) is 0 Å². The Balaban J connectivity index is 1.52. The van der Waals surface area contributed by atoms with Gasteiger partial charge in [-0.15, -0.1) is 0 Å². The first kappa shape index (κ1) is 20.4. The molecule has 5 nitrogen and oxygen atoms in total. The van der Waals surface area contributed by atoms with Crippen molar-refractivity contribution >= 4 is 11.0 Å². The minimum atomic E-state index is -0.236. The SMILES string of the molecule is CCCCCc1cc(O)c2c3c(c(=O)oc2c1)CN(CCN1CCCCC1)CC3. The summed E-state index contributed by atoms with van der Waals surface area (Å²) in [7, 11) is 0. The average molecular weight is 399 g/mol. The number of rotatable bonds is 7. The van der Waals surface area contributed by atoms with E-state index in [-0.39, 0.29) is 11.4 Å². The molecule has 2 aliphatic heterocycles. The highest BCUT2D eigenvalue weighted by molar-refractivity contribution is 5.88. The van der Waals surface area contributed by atoms with Crippen molar-refractivity contribution in [3.05, 3.63) is 39.2 Å². The van der Waals surface area contributed by atoms with Gasteiger partial charge in [-0.3, -0.25) is 4.90 Å². The van der Waals surface area contributed by atoms with E-state index in [1.807, 2.05) is 12.1 Å². The first-order valence-electron chi connectivity index (χ1n) is 11.4. The molecule has 5 heteroatoms. The molecule has 3 heterocycles. The summed E-state index contributed by atoms with van der Waals surface area (Å²) in [6, 6.07) is 3.82. The van der Waals surface area contributed by atoms with Gasteiger partial charge in [-0.05, 0) is 68.5 Å². The summed E-state index contributed by atoms with van der Waals surface area (Å²) < 4.78 is 5.68. The van der Waals surface area contributed by atoms with Gasteiger partial charge in [0.25, 0.3) is 0 Å². The van der Waals surface area contributed by atoms with Crippen LogP contribution in [0, 0.1) is 0 Å². The fourth-order valence-corrected chi connectivity index (χ4v) is 4.86. The Morgan fingerprint density at radius 2 is 1.79 bits per heavy atom. The van der Waals surface area contributed by atoms with Gasteiger partial charge in [-0.25, -0.2) is 4.79 Å². The van der Waals surface area contributed by atoms with Crippen molar-refractivity contribution in [1.29, 1.82) is 0 Å². The molecule has 0 spiro atoms. The van der Waals surface area contributed by atoms with Crippen molar-refractivity contribution in [2.24, 2.45) is 0 Å². The van der Waals surface area contributed by atoms with Crippen LogP contribution in [0.1, 0.15) is 62.1 Å². The number of likely N-dealkylation sites (tertiary alicyclic amines) is 1. The van der Waals surface area contributed by atoms with Crippen LogP contribution in [0.15, 0.2) is 21.3 Å². The largest absolute Gasteiger partial charge is 0.507 e. The fraction of sp³-hybridized carbons (Fsp3) is 0.625. The summed E-state index contributed by atoms with van der Waals surface area (Å²) in [6.45, 7) is 8.19. The van der Waals surface area contributed by atoms with Gasteiger partial charge in [0.2, 0.25) is 0 Å². The number of hydrogen-bond acceptors (Lipinski definition) is 5. The summed E-state index contributed by atoms with van der Waals surface area (Å²) in [5, 5.41) is 11.5. The highest BCUT2D eigenvalue weighted by atomic mass is 16.4. The van der Waals surface area contributed by atoms with Crippen LogP contribution >= 0.6 is 0 Å². The Hall–Kier alpha value is -1.85. The Kier molecular flexibility index (Phi) is 6.56. The number of aromatic hydroxyl groups is 1. The molecular weight excluding hydrogens is 364 g/mol. The number of unbranched alkanes of at least 4 members (excludes halogenated alkanes) is 2. The van der Waals surface area contributed by atoms with E-state index in [0.717, 1.165) is 67.4 Å². The van der Waals surface area contributed by atoms with Crippen LogP contribution in [-0.2, 0) is 19.4 Å². The molecule has 0 radical (unpaired) electrons. The third-order valence-corrected chi connectivity index (χ3v) is 6.57. The van der Waals surface area contributed by atoms with Crippen LogP contribution in [0.2, 0.25) is 0 Å². The maximum atomic E-state index is 12.7. The Morgan fingerprint density at radius 3 is 2.59 bits per heavy atom. The van der Waals surface area contributed by atoms with Gasteiger partial charge >= 0.3 is 5.63 Å². The molecule has 2 aliphatic rings. The van der Waals surface area contributed by atoms with Gasteiger partial charge in [-0.2, -0.15) is 0 Å². The van der Waals surface area contributed by atoms with Crippen molar-refractivity contribution in [3.63, 3.8) is 0 Å². The van der Waals surface area contributed by atoms with Crippen molar-refractivity contribution in [3.8, 4) is 5.75 Å². The maximum absolute atomic E-state index is 12.7. The summed E-state index contributed by atoms with van der Waals surface area (Å²) in [5.41, 5.74) is 3.08. The zero-order chi connectivity index (χ0) is 20.2. The first-order chi connectivity index (χ1) is 14.2. The van der Waals surface area contributed by atoms with E-state index in [1.54, 1.807) is 0 Å². The van der Waals surface area contributed by atoms with E-state index >= 15 is 0 Å². The Labute approximate surface area is 173 Å². The molecule has 1 N–H and O–H groups in total. The van der Waals surface area contributed by atoms with Crippen LogP contribution in [0.5, 0.6) is 5.75 Å². The second kappa shape index (κ2) is 9.31. The van der Waals surface area contributed by atoms with Gasteiger partial charge in [-0.1, -0.05) is 26.2 Å². The molecule has 2 aromatic rings. The van der Waals surface area contributed by atoms with Gasteiger partial charge in [0.1, 0.15) is 11.3 Å². The number of phenolic OH excluding ortho intramolecular Hbond substituents is 1. The lowest BCUT2D eigenvalue weighted by Crippen LogP contribution is -2.41. The monoisotopic (exact) mass is 398 g/mol. The van der Waals surface area contributed by atoms with Crippen LogP contribution in [0.25, 0.3) is 11.0 Å². The number of nitrogens with zero attached hydrogens (tertiary/aromatic N) is 2. The first-order valence-corrected chi connectivity index (χ1v) is 11.4. The maximum Gasteiger partial charge on any atom is 0.341 e. The van der Waals surface area contributed by atoms with Crippen molar-refractivity contribution in [1.82, 2.24) is 9.80 Å². The smallest absolute Gasteiger partial charge is 0.341 e. The standard InChI is InChI=1S/C24H34N2O3/c1-2-3-5-8-18-15-21(27)23-19-9-12-26(14-13-25-10-6-4-7-11-25)17-20(19)24(28)29-22(23)16-18/h15-16,27H,2-14,17H2,1H3. The summed E-state index contributed by atoms with van der Waals surface area (Å²) in [5.74, 6) is 0.260. The third kappa shape index (κ3) is 4.67. The number of aryl methyl sites for hydroxylation is 1. The molecule has 1 aromatic heterocycles. The molecule has 0 aliphatic carbocycles. The number of benzene rings is 1. The number of phenols is 1. The van der Waals surface area contributed by atoms with E-state index < -0.39 is 0 Å². The van der Waals surface area contributed by atoms with Crippen molar-refractivity contribution in [2.75, 3.05) is 32.7 Å². The lowest BCUT2D eigenvalue weighted by atomic mass is 9.95. The molecule has 1 saturated heterocycles. The number of fused-ring (bicyclic) bond motifs is 3. The molecule has 0 saturated carbocycles. The Morgan fingerprint density at radius 1 is 1.00 bits per heavy atom. The zero-order valence-electron chi connectivity index (χ0n) is 17.7. The molecule has 0 bridgehead atoms. The Bertz CT molecular complexity index is 899. The van der Waals surface area contributed by atoms with E-state index in [4.69, 9.17) is 4.42 Å². The summed E-state index contributed by atoms with van der Waals surface area (Å²) in [6.07, 6.45) is 9.07. The molecule has 0 unspecified atom stereocenters. The van der Waals surface area contributed by atoms with E-state index in [9.17, 15) is 9.90 Å². The molecule has 1 fully saturated rings. The van der Waals surface area contributed by atoms with Crippen LogP contribution < -0.4 is 5.63 Å². The predicted molar refractivity (Wildman–Crippen MR) is 117 cm³/mol. The van der Waals surface area contributed by atoms with Gasteiger partial charge in [0.15, 0.2) is 0 Å². The van der Waals surface area contributed by atoms with E-state index in [0.29, 0.717) is 12.1 Å². The fourth-order valence-electron chi connectivity index (χ4n) is 4.86. The van der Waals surface area contributed by atoms with Crippen molar-refractivity contribution in [2.45, 2.75) is 64.8 Å². The molecule has 0 amide bonds. The average Bonchev–Trinajstić information content (AvgIpc) is 2.73. The quantitative estimate of drug-likeness (QED) is 0.563. The highest BCUT2D eigenvalue weighted by Gasteiger charge is 2.25. The molecule has 29 heavy (non-hydrogen) atoms. The molecule has 0 atom stereocenters. The van der Waals surface area contributed by atoms with E-state index in [1.165, 1.54) is 38.8 Å². The molecule has 158 valence electrons. The van der Waals surface area contributed by atoms with Crippen molar-refractivity contribution < 1.29 is 9.52 Å². The molecule has 4 rings (SSSR count). The zero-order valence-corrected chi connectivity index (χ0v) is 17.7. The van der Waals surface area contributed by atoms with E-state index in [2.05, 4.69) is 16.7 Å². The number of piperidine rings is 1. The second-order valence-electron chi connectivity index (χ2n) is 8.72. The normalized spacial score (nSPS) is 18.2.